The third-order valence-corrected chi connectivity index (χ3v) is 8.10. The van der Waals surface area contributed by atoms with Gasteiger partial charge < -0.3 is 5.32 Å². The molecular weight excluding hydrogens is 376 g/mol. The highest BCUT2D eigenvalue weighted by atomic mass is 32.2. The summed E-state index contributed by atoms with van der Waals surface area (Å²) in [5.74, 6) is -0.0839. The summed E-state index contributed by atoms with van der Waals surface area (Å²) in [4.78, 5) is 12.7. The summed E-state index contributed by atoms with van der Waals surface area (Å²) in [6, 6.07) is 11.4. The molecule has 2 aromatic rings. The van der Waals surface area contributed by atoms with E-state index in [-0.39, 0.29) is 23.1 Å². The zero-order chi connectivity index (χ0) is 19.7. The Labute approximate surface area is 165 Å². The monoisotopic (exact) mass is 402 g/mol. The van der Waals surface area contributed by atoms with Crippen LogP contribution in [0.15, 0.2) is 36.4 Å². The van der Waals surface area contributed by atoms with Crippen LogP contribution in [0.5, 0.6) is 0 Å². The minimum absolute atomic E-state index is 0.0355. The van der Waals surface area contributed by atoms with Crippen molar-refractivity contribution in [1.29, 1.82) is 0 Å². The standard InChI is InChI=1S/C20H26N4O3S/c1-2-14-13-24(28(26,27)16-8-9-16)11-10-17(14)21-20(25)19-12-18(22-23-19)15-6-4-3-5-7-15/h3-7,12,14,16-17H,2,8-11,13H2,1H3,(H,21,25)(H,22,23)/t14-,17+/m1/s1. The zero-order valence-corrected chi connectivity index (χ0v) is 16.8. The molecule has 28 heavy (non-hydrogen) atoms. The van der Waals surface area contributed by atoms with Gasteiger partial charge in [-0.15, -0.1) is 0 Å². The molecule has 0 radical (unpaired) electrons. The SMILES string of the molecule is CC[C@@H]1CN(S(=O)(=O)C2CC2)CC[C@@H]1NC(=O)c1cc(-c2ccccc2)n[nH]1. The van der Waals surface area contributed by atoms with Crippen molar-refractivity contribution in [1.82, 2.24) is 19.8 Å². The molecule has 2 atom stereocenters. The number of aromatic amines is 1. The number of carbonyl (C=O) groups excluding carboxylic acids is 1. The summed E-state index contributed by atoms with van der Waals surface area (Å²) in [5.41, 5.74) is 2.09. The van der Waals surface area contributed by atoms with Crippen molar-refractivity contribution in [2.75, 3.05) is 13.1 Å². The molecule has 0 bridgehead atoms. The molecular formula is C20H26N4O3S. The Hall–Kier alpha value is -2.19. The lowest BCUT2D eigenvalue weighted by atomic mass is 9.91. The van der Waals surface area contributed by atoms with Crippen molar-refractivity contribution < 1.29 is 13.2 Å². The van der Waals surface area contributed by atoms with Crippen LogP contribution in [0.1, 0.15) is 43.1 Å². The second-order valence-electron chi connectivity index (χ2n) is 7.67. The lowest BCUT2D eigenvalue weighted by Crippen LogP contribution is -2.52. The molecule has 1 saturated heterocycles. The Morgan fingerprint density at radius 1 is 1.25 bits per heavy atom. The third kappa shape index (κ3) is 3.84. The molecule has 0 unspecified atom stereocenters. The molecule has 2 aliphatic rings. The van der Waals surface area contributed by atoms with Gasteiger partial charge in [0.2, 0.25) is 10.0 Å². The summed E-state index contributed by atoms with van der Waals surface area (Å²) in [5, 5.41) is 9.95. The maximum Gasteiger partial charge on any atom is 0.269 e. The molecule has 1 aromatic heterocycles. The quantitative estimate of drug-likeness (QED) is 0.776. The summed E-state index contributed by atoms with van der Waals surface area (Å²) in [6.07, 6.45) is 3.01. The molecule has 2 fully saturated rings. The first-order valence-corrected chi connectivity index (χ1v) is 11.4. The van der Waals surface area contributed by atoms with E-state index in [1.807, 2.05) is 37.3 Å². The average Bonchev–Trinajstić information content (AvgIpc) is 3.46. The Balaban J connectivity index is 1.41. The van der Waals surface area contributed by atoms with Gasteiger partial charge in [0.05, 0.1) is 10.9 Å². The van der Waals surface area contributed by atoms with Gasteiger partial charge in [-0.2, -0.15) is 5.10 Å². The molecule has 2 heterocycles. The molecule has 7 nitrogen and oxygen atoms in total. The second kappa shape index (κ2) is 7.67. The summed E-state index contributed by atoms with van der Waals surface area (Å²) >= 11 is 0. The molecule has 1 aromatic carbocycles. The highest BCUT2D eigenvalue weighted by Gasteiger charge is 2.43. The number of benzene rings is 1. The van der Waals surface area contributed by atoms with Crippen molar-refractivity contribution in [2.45, 2.75) is 43.9 Å². The van der Waals surface area contributed by atoms with Crippen LogP contribution in [-0.2, 0) is 10.0 Å². The fraction of sp³-hybridized carbons (Fsp3) is 0.500. The van der Waals surface area contributed by atoms with Crippen molar-refractivity contribution in [3.05, 3.63) is 42.1 Å². The number of nitrogens with zero attached hydrogens (tertiary/aromatic N) is 2. The number of carbonyl (C=O) groups is 1. The van der Waals surface area contributed by atoms with Crippen LogP contribution < -0.4 is 5.32 Å². The van der Waals surface area contributed by atoms with E-state index >= 15 is 0 Å². The van der Waals surface area contributed by atoms with Crippen LogP contribution in [0, 0.1) is 5.92 Å². The fourth-order valence-corrected chi connectivity index (χ4v) is 5.76. The van der Waals surface area contributed by atoms with Gasteiger partial charge in [0.15, 0.2) is 0 Å². The summed E-state index contributed by atoms with van der Waals surface area (Å²) < 4.78 is 26.7. The minimum atomic E-state index is -3.16. The number of hydrogen-bond acceptors (Lipinski definition) is 4. The topological polar surface area (TPSA) is 95.2 Å². The highest BCUT2D eigenvalue weighted by Crippen LogP contribution is 2.33. The molecule has 1 aliphatic heterocycles. The number of rotatable bonds is 6. The third-order valence-electron chi connectivity index (χ3n) is 5.74. The van der Waals surface area contributed by atoms with E-state index < -0.39 is 10.0 Å². The lowest BCUT2D eigenvalue weighted by molar-refractivity contribution is 0.0888. The highest BCUT2D eigenvalue weighted by molar-refractivity contribution is 7.90. The van der Waals surface area contributed by atoms with Gasteiger partial charge >= 0.3 is 0 Å². The number of amides is 1. The molecule has 4 rings (SSSR count). The van der Waals surface area contributed by atoms with Gasteiger partial charge in [-0.3, -0.25) is 9.89 Å². The summed E-state index contributed by atoms with van der Waals surface area (Å²) in [7, 11) is -3.16. The predicted octanol–water partition coefficient (Wildman–Crippen LogP) is 2.40. The Morgan fingerprint density at radius 2 is 2.00 bits per heavy atom. The Bertz CT molecular complexity index is 937. The van der Waals surface area contributed by atoms with E-state index in [4.69, 9.17) is 0 Å². The molecule has 1 saturated carbocycles. The fourth-order valence-electron chi connectivity index (χ4n) is 3.85. The van der Waals surface area contributed by atoms with E-state index in [9.17, 15) is 13.2 Å². The number of piperidine rings is 1. The van der Waals surface area contributed by atoms with Crippen molar-refractivity contribution in [2.24, 2.45) is 5.92 Å². The van der Waals surface area contributed by atoms with E-state index in [2.05, 4.69) is 15.5 Å². The largest absolute Gasteiger partial charge is 0.348 e. The van der Waals surface area contributed by atoms with Crippen LogP contribution in [-0.4, -0.2) is 53.2 Å². The molecule has 150 valence electrons. The lowest BCUT2D eigenvalue weighted by Gasteiger charge is -2.37. The van der Waals surface area contributed by atoms with Crippen LogP contribution in [0.2, 0.25) is 0 Å². The number of H-pyrrole nitrogens is 1. The van der Waals surface area contributed by atoms with Gasteiger partial charge in [0, 0.05) is 24.7 Å². The smallest absolute Gasteiger partial charge is 0.269 e. The minimum Gasteiger partial charge on any atom is -0.348 e. The van der Waals surface area contributed by atoms with E-state index in [1.54, 1.807) is 10.4 Å². The second-order valence-corrected chi connectivity index (χ2v) is 9.89. The van der Waals surface area contributed by atoms with Crippen molar-refractivity contribution in [3.63, 3.8) is 0 Å². The maximum atomic E-state index is 12.7. The Morgan fingerprint density at radius 3 is 2.68 bits per heavy atom. The van der Waals surface area contributed by atoms with Crippen molar-refractivity contribution in [3.8, 4) is 11.3 Å². The number of sulfonamides is 1. The van der Waals surface area contributed by atoms with Crippen LogP contribution in [0.3, 0.4) is 0 Å². The average molecular weight is 403 g/mol. The first-order valence-electron chi connectivity index (χ1n) is 9.89. The summed E-state index contributed by atoms with van der Waals surface area (Å²) in [6.45, 7) is 3.00. The molecule has 1 aliphatic carbocycles. The van der Waals surface area contributed by atoms with E-state index in [0.717, 1.165) is 30.5 Å². The van der Waals surface area contributed by atoms with Gasteiger partial charge in [0.25, 0.3) is 5.91 Å². The van der Waals surface area contributed by atoms with Gasteiger partial charge in [0.1, 0.15) is 5.69 Å². The first kappa shape index (κ1) is 19.1. The maximum absolute atomic E-state index is 12.7. The first-order chi connectivity index (χ1) is 13.5. The van der Waals surface area contributed by atoms with Gasteiger partial charge in [-0.1, -0.05) is 43.7 Å². The van der Waals surface area contributed by atoms with Gasteiger partial charge in [-0.05, 0) is 31.2 Å². The Kier molecular flexibility index (Phi) is 5.25. The predicted molar refractivity (Wildman–Crippen MR) is 107 cm³/mol. The van der Waals surface area contributed by atoms with E-state index in [1.165, 1.54) is 0 Å². The number of aromatic nitrogens is 2. The number of nitrogens with one attached hydrogen (secondary N) is 2. The normalized spacial score (nSPS) is 23.5. The molecule has 2 N–H and O–H groups in total. The molecule has 0 spiro atoms. The van der Waals surface area contributed by atoms with Crippen LogP contribution in [0.4, 0.5) is 0 Å². The van der Waals surface area contributed by atoms with Crippen LogP contribution in [0.25, 0.3) is 11.3 Å². The number of hydrogen-bond donors (Lipinski definition) is 2. The van der Waals surface area contributed by atoms with E-state index in [0.29, 0.717) is 25.2 Å². The molecule has 1 amide bonds. The molecule has 8 heteroatoms. The van der Waals surface area contributed by atoms with Crippen molar-refractivity contribution >= 4 is 15.9 Å². The van der Waals surface area contributed by atoms with Gasteiger partial charge in [-0.25, -0.2) is 12.7 Å². The zero-order valence-electron chi connectivity index (χ0n) is 16.0. The van der Waals surface area contributed by atoms with Crippen LogP contribution >= 0.6 is 0 Å².